The van der Waals surface area contributed by atoms with Crippen LogP contribution >= 0.6 is 23.1 Å². The third kappa shape index (κ3) is 4.05. The molecule has 2 rings (SSSR count). The molecule has 112 valence electrons. The van der Waals surface area contributed by atoms with Gasteiger partial charge in [0.1, 0.15) is 5.75 Å². The first-order chi connectivity index (χ1) is 10.1. The first kappa shape index (κ1) is 15.5. The minimum Gasteiger partial charge on any atom is -0.496 e. The molecule has 0 aliphatic carbocycles. The summed E-state index contributed by atoms with van der Waals surface area (Å²) in [6.45, 7) is 2.78. The van der Waals surface area contributed by atoms with E-state index in [0.29, 0.717) is 11.5 Å². The highest BCUT2D eigenvalue weighted by Gasteiger charge is 2.13. The summed E-state index contributed by atoms with van der Waals surface area (Å²) in [5.41, 5.74) is 0.814. The lowest BCUT2D eigenvalue weighted by molar-refractivity contribution is -0.384. The van der Waals surface area contributed by atoms with Crippen molar-refractivity contribution in [2.24, 2.45) is 0 Å². The molecule has 0 saturated carbocycles. The van der Waals surface area contributed by atoms with Gasteiger partial charge in [-0.3, -0.25) is 10.1 Å². The predicted octanol–water partition coefficient (Wildman–Crippen LogP) is 3.18. The van der Waals surface area contributed by atoms with E-state index in [-0.39, 0.29) is 5.69 Å². The van der Waals surface area contributed by atoms with Crippen LogP contribution in [0.2, 0.25) is 0 Å². The highest BCUT2D eigenvalue weighted by Crippen LogP contribution is 2.32. The first-order valence-electron chi connectivity index (χ1n) is 6.15. The predicted molar refractivity (Wildman–Crippen MR) is 83.3 cm³/mol. The maximum Gasteiger partial charge on any atom is 0.270 e. The van der Waals surface area contributed by atoms with Crippen LogP contribution in [-0.4, -0.2) is 28.8 Å². The molecule has 1 aromatic carbocycles. The summed E-state index contributed by atoms with van der Waals surface area (Å²) in [5, 5.41) is 22.8. The molecule has 0 fully saturated rings. The molecule has 1 aromatic heterocycles. The Balaban J connectivity index is 2.10. The zero-order valence-electron chi connectivity index (χ0n) is 11.5. The SMILES string of the molecule is CCNc1nnc(SCc2cc([N+](=O)[O-])ccc2OC)s1. The van der Waals surface area contributed by atoms with Gasteiger partial charge < -0.3 is 10.1 Å². The number of non-ortho nitro benzene ring substituents is 1. The molecule has 0 amide bonds. The van der Waals surface area contributed by atoms with Gasteiger partial charge in [0.15, 0.2) is 4.34 Å². The fourth-order valence-corrected chi connectivity index (χ4v) is 3.42. The molecule has 0 bridgehead atoms. The van der Waals surface area contributed by atoms with Crippen LogP contribution < -0.4 is 10.1 Å². The maximum absolute atomic E-state index is 10.8. The van der Waals surface area contributed by atoms with E-state index >= 15 is 0 Å². The van der Waals surface area contributed by atoms with Crippen molar-refractivity contribution in [3.63, 3.8) is 0 Å². The van der Waals surface area contributed by atoms with E-state index in [9.17, 15) is 10.1 Å². The van der Waals surface area contributed by atoms with E-state index in [4.69, 9.17) is 4.74 Å². The van der Waals surface area contributed by atoms with Crippen molar-refractivity contribution in [2.75, 3.05) is 19.0 Å². The van der Waals surface area contributed by atoms with Gasteiger partial charge in [0.2, 0.25) is 5.13 Å². The molecule has 0 radical (unpaired) electrons. The first-order valence-corrected chi connectivity index (χ1v) is 7.95. The summed E-state index contributed by atoms with van der Waals surface area (Å²) >= 11 is 2.93. The number of benzene rings is 1. The molecular formula is C12H14N4O3S2. The zero-order valence-corrected chi connectivity index (χ0v) is 13.2. The maximum atomic E-state index is 10.8. The number of nitrogens with zero attached hydrogens (tertiary/aromatic N) is 3. The number of methoxy groups -OCH3 is 1. The Morgan fingerprint density at radius 1 is 1.48 bits per heavy atom. The summed E-state index contributed by atoms with van der Waals surface area (Å²) in [6, 6.07) is 4.57. The summed E-state index contributed by atoms with van der Waals surface area (Å²) in [4.78, 5) is 10.4. The van der Waals surface area contributed by atoms with Gasteiger partial charge in [-0.15, -0.1) is 10.2 Å². The Morgan fingerprint density at radius 3 is 2.95 bits per heavy atom. The van der Waals surface area contributed by atoms with Crippen LogP contribution in [0.25, 0.3) is 0 Å². The fourth-order valence-electron chi connectivity index (χ4n) is 1.62. The van der Waals surface area contributed by atoms with Crippen LogP contribution in [0.5, 0.6) is 5.75 Å². The topological polar surface area (TPSA) is 90.2 Å². The summed E-state index contributed by atoms with van der Waals surface area (Å²) in [7, 11) is 1.55. The number of rotatable bonds is 7. The van der Waals surface area contributed by atoms with Crippen LogP contribution in [0, 0.1) is 10.1 Å². The van der Waals surface area contributed by atoms with E-state index < -0.39 is 4.92 Å². The third-order valence-corrected chi connectivity index (χ3v) is 4.62. The van der Waals surface area contributed by atoms with E-state index in [1.165, 1.54) is 35.2 Å². The molecule has 0 spiro atoms. The van der Waals surface area contributed by atoms with Gasteiger partial charge >= 0.3 is 0 Å². The van der Waals surface area contributed by atoms with E-state index in [1.807, 2.05) is 6.92 Å². The molecule has 21 heavy (non-hydrogen) atoms. The van der Waals surface area contributed by atoms with Crippen LogP contribution in [0.1, 0.15) is 12.5 Å². The molecule has 1 heterocycles. The number of hydrogen-bond acceptors (Lipinski definition) is 8. The number of nitro groups is 1. The Hall–Kier alpha value is -1.87. The lowest BCUT2D eigenvalue weighted by Gasteiger charge is -2.06. The number of nitro benzene ring substituents is 1. The van der Waals surface area contributed by atoms with Crippen molar-refractivity contribution in [3.05, 3.63) is 33.9 Å². The van der Waals surface area contributed by atoms with Gasteiger partial charge in [-0.1, -0.05) is 23.1 Å². The van der Waals surface area contributed by atoms with E-state index in [1.54, 1.807) is 13.2 Å². The van der Waals surface area contributed by atoms with Gasteiger partial charge in [-0.05, 0) is 13.0 Å². The van der Waals surface area contributed by atoms with Gasteiger partial charge in [0, 0.05) is 30.0 Å². The molecule has 9 heteroatoms. The number of aromatic nitrogens is 2. The molecule has 1 N–H and O–H groups in total. The van der Waals surface area contributed by atoms with Crippen molar-refractivity contribution < 1.29 is 9.66 Å². The third-order valence-electron chi connectivity index (χ3n) is 2.56. The highest BCUT2D eigenvalue weighted by molar-refractivity contribution is 8.00. The van der Waals surface area contributed by atoms with Crippen molar-refractivity contribution >= 4 is 33.9 Å². The second kappa shape index (κ2) is 7.23. The number of ether oxygens (including phenoxy) is 1. The zero-order chi connectivity index (χ0) is 15.2. The van der Waals surface area contributed by atoms with Gasteiger partial charge in [-0.2, -0.15) is 0 Å². The lowest BCUT2D eigenvalue weighted by Crippen LogP contribution is -1.94. The second-order valence-electron chi connectivity index (χ2n) is 3.95. The minimum absolute atomic E-state index is 0.0528. The number of hydrogen-bond donors (Lipinski definition) is 1. The quantitative estimate of drug-likeness (QED) is 0.474. The van der Waals surface area contributed by atoms with Crippen molar-refractivity contribution in [2.45, 2.75) is 17.0 Å². The van der Waals surface area contributed by atoms with Crippen LogP contribution in [0.3, 0.4) is 0 Å². The standard InChI is InChI=1S/C12H14N4O3S2/c1-3-13-11-14-15-12(21-11)20-7-8-6-9(16(17)18)4-5-10(8)19-2/h4-6H,3,7H2,1-2H3,(H,13,14). The summed E-state index contributed by atoms with van der Waals surface area (Å²) in [5.74, 6) is 1.16. The molecule has 2 aromatic rings. The smallest absolute Gasteiger partial charge is 0.270 e. The van der Waals surface area contributed by atoms with E-state index in [0.717, 1.165) is 21.6 Å². The average Bonchev–Trinajstić information content (AvgIpc) is 2.92. The normalized spacial score (nSPS) is 10.4. The largest absolute Gasteiger partial charge is 0.496 e. The van der Waals surface area contributed by atoms with Crippen LogP contribution in [0.15, 0.2) is 22.5 Å². The highest BCUT2D eigenvalue weighted by atomic mass is 32.2. The summed E-state index contributed by atoms with van der Waals surface area (Å²) < 4.78 is 6.04. The number of thioether (sulfide) groups is 1. The van der Waals surface area contributed by atoms with Crippen molar-refractivity contribution in [3.8, 4) is 5.75 Å². The van der Waals surface area contributed by atoms with Gasteiger partial charge in [0.05, 0.1) is 12.0 Å². The van der Waals surface area contributed by atoms with E-state index in [2.05, 4.69) is 15.5 Å². The van der Waals surface area contributed by atoms with Crippen LogP contribution in [0.4, 0.5) is 10.8 Å². The Morgan fingerprint density at radius 2 is 2.29 bits per heavy atom. The molecule has 0 atom stereocenters. The van der Waals surface area contributed by atoms with Crippen molar-refractivity contribution in [1.29, 1.82) is 0 Å². The fraction of sp³-hybridized carbons (Fsp3) is 0.333. The minimum atomic E-state index is -0.415. The van der Waals surface area contributed by atoms with Gasteiger partial charge in [-0.25, -0.2) is 0 Å². The van der Waals surface area contributed by atoms with Gasteiger partial charge in [0.25, 0.3) is 5.69 Å². The molecule has 0 unspecified atom stereocenters. The molecule has 0 aliphatic heterocycles. The van der Waals surface area contributed by atoms with Crippen molar-refractivity contribution in [1.82, 2.24) is 10.2 Å². The molecule has 7 nitrogen and oxygen atoms in total. The number of nitrogens with one attached hydrogen (secondary N) is 1. The molecular weight excluding hydrogens is 312 g/mol. The Kier molecular flexibility index (Phi) is 5.34. The second-order valence-corrected chi connectivity index (χ2v) is 6.15. The molecule has 0 aliphatic rings. The molecule has 0 saturated heterocycles. The Bertz CT molecular complexity index is 633. The Labute approximate surface area is 129 Å². The monoisotopic (exact) mass is 326 g/mol. The number of anilines is 1. The van der Waals surface area contributed by atoms with Crippen LogP contribution in [-0.2, 0) is 5.75 Å². The summed E-state index contributed by atoms with van der Waals surface area (Å²) in [6.07, 6.45) is 0. The lowest BCUT2D eigenvalue weighted by atomic mass is 10.2. The average molecular weight is 326 g/mol.